The van der Waals surface area contributed by atoms with E-state index >= 15 is 0 Å². The Kier molecular flexibility index (Phi) is 7.71. The first-order valence-corrected chi connectivity index (χ1v) is 9.58. The number of aryl methyl sites for hydroxylation is 2. The van der Waals surface area contributed by atoms with Gasteiger partial charge >= 0.3 is 0 Å². The van der Waals surface area contributed by atoms with Crippen molar-refractivity contribution in [2.45, 2.75) is 52.6 Å². The summed E-state index contributed by atoms with van der Waals surface area (Å²) < 4.78 is 11.1. The van der Waals surface area contributed by atoms with E-state index in [0.717, 1.165) is 35.5 Å². The molecule has 0 saturated heterocycles. The van der Waals surface area contributed by atoms with Crippen molar-refractivity contribution in [3.8, 4) is 11.5 Å². The van der Waals surface area contributed by atoms with Crippen LogP contribution in [0.1, 0.15) is 49.8 Å². The Hall–Kier alpha value is -2.49. The molecule has 0 saturated carbocycles. The van der Waals surface area contributed by atoms with Crippen molar-refractivity contribution in [2.24, 2.45) is 0 Å². The molecule has 1 N–H and O–H groups in total. The molecule has 0 aliphatic rings. The second-order valence-electron chi connectivity index (χ2n) is 7.20. The lowest BCUT2D eigenvalue weighted by Gasteiger charge is -2.19. The van der Waals surface area contributed by atoms with E-state index in [9.17, 15) is 4.79 Å². The van der Waals surface area contributed by atoms with Crippen LogP contribution in [0.25, 0.3) is 0 Å². The lowest BCUT2D eigenvalue weighted by Crippen LogP contribution is -2.37. The van der Waals surface area contributed by atoms with Crippen LogP contribution in [0.5, 0.6) is 11.5 Å². The zero-order chi connectivity index (χ0) is 19.8. The van der Waals surface area contributed by atoms with Crippen LogP contribution < -0.4 is 14.8 Å². The van der Waals surface area contributed by atoms with Gasteiger partial charge in [0.1, 0.15) is 11.5 Å². The second kappa shape index (κ2) is 10.0. The molecule has 0 aliphatic heterocycles. The minimum atomic E-state index is -0.523. The Morgan fingerprint density at radius 1 is 1.07 bits per heavy atom. The molecule has 0 bridgehead atoms. The van der Waals surface area contributed by atoms with E-state index in [1.165, 1.54) is 5.56 Å². The maximum atomic E-state index is 12.4. The first-order chi connectivity index (χ1) is 12.9. The van der Waals surface area contributed by atoms with Crippen molar-refractivity contribution >= 4 is 5.91 Å². The zero-order valence-electron chi connectivity index (χ0n) is 17.0. The number of methoxy groups -OCH3 is 1. The molecule has 0 radical (unpaired) electrons. The quantitative estimate of drug-likeness (QED) is 0.655. The molecule has 0 aliphatic carbocycles. The fraction of sp³-hybridized carbons (Fsp3) is 0.435. The van der Waals surface area contributed by atoms with Crippen molar-refractivity contribution in [3.05, 3.63) is 59.2 Å². The summed E-state index contributed by atoms with van der Waals surface area (Å²) in [5.74, 6) is 1.92. The number of hydrogen-bond donors (Lipinski definition) is 1. The molecule has 4 nitrogen and oxygen atoms in total. The summed E-state index contributed by atoms with van der Waals surface area (Å²) >= 11 is 0. The summed E-state index contributed by atoms with van der Waals surface area (Å²) in [6, 6.07) is 14.2. The summed E-state index contributed by atoms with van der Waals surface area (Å²) in [6.45, 7) is 8.71. The minimum Gasteiger partial charge on any atom is -0.497 e. The highest BCUT2D eigenvalue weighted by molar-refractivity contribution is 5.80. The highest BCUT2D eigenvalue weighted by atomic mass is 16.5. The molecule has 1 atom stereocenters. The first kappa shape index (κ1) is 20.8. The lowest BCUT2D eigenvalue weighted by atomic mass is 10.0. The molecule has 0 heterocycles. The Bertz CT molecular complexity index is 738. The normalized spacial score (nSPS) is 11.9. The van der Waals surface area contributed by atoms with Gasteiger partial charge in [0.15, 0.2) is 6.10 Å². The number of benzene rings is 2. The summed E-state index contributed by atoms with van der Waals surface area (Å²) in [5, 5.41) is 2.97. The van der Waals surface area contributed by atoms with Crippen LogP contribution in [-0.4, -0.2) is 25.7 Å². The van der Waals surface area contributed by atoms with Crippen LogP contribution in [0, 0.1) is 6.92 Å². The third-order valence-electron chi connectivity index (χ3n) is 4.56. The van der Waals surface area contributed by atoms with E-state index in [2.05, 4.69) is 43.4 Å². The summed E-state index contributed by atoms with van der Waals surface area (Å²) in [7, 11) is 1.66. The number of rotatable bonds is 9. The number of ether oxygens (including phenoxy) is 2. The topological polar surface area (TPSA) is 47.6 Å². The molecule has 2 rings (SSSR count). The fourth-order valence-corrected chi connectivity index (χ4v) is 2.90. The Labute approximate surface area is 162 Å². The molecular formula is C23H31NO3. The highest BCUT2D eigenvalue weighted by Crippen LogP contribution is 2.28. The lowest BCUT2D eigenvalue weighted by molar-refractivity contribution is -0.127. The van der Waals surface area contributed by atoms with E-state index in [1.54, 1.807) is 14.0 Å². The Morgan fingerprint density at radius 3 is 2.41 bits per heavy atom. The smallest absolute Gasteiger partial charge is 0.260 e. The van der Waals surface area contributed by atoms with Gasteiger partial charge in [0.2, 0.25) is 0 Å². The molecule has 0 unspecified atom stereocenters. The van der Waals surface area contributed by atoms with E-state index in [0.29, 0.717) is 12.5 Å². The van der Waals surface area contributed by atoms with Crippen LogP contribution >= 0.6 is 0 Å². The maximum Gasteiger partial charge on any atom is 0.260 e. The molecule has 27 heavy (non-hydrogen) atoms. The van der Waals surface area contributed by atoms with Gasteiger partial charge in [-0.25, -0.2) is 0 Å². The van der Waals surface area contributed by atoms with Crippen molar-refractivity contribution in [1.29, 1.82) is 0 Å². The molecule has 146 valence electrons. The molecule has 0 spiro atoms. The van der Waals surface area contributed by atoms with Gasteiger partial charge in [-0.05, 0) is 67.5 Å². The summed E-state index contributed by atoms with van der Waals surface area (Å²) in [4.78, 5) is 12.4. The van der Waals surface area contributed by atoms with Gasteiger partial charge in [-0.3, -0.25) is 4.79 Å². The number of hydrogen-bond acceptors (Lipinski definition) is 3. The van der Waals surface area contributed by atoms with Crippen molar-refractivity contribution in [3.63, 3.8) is 0 Å². The van der Waals surface area contributed by atoms with Crippen LogP contribution in [0.2, 0.25) is 0 Å². The van der Waals surface area contributed by atoms with Gasteiger partial charge in [0, 0.05) is 6.54 Å². The van der Waals surface area contributed by atoms with Gasteiger partial charge in [-0.2, -0.15) is 0 Å². The van der Waals surface area contributed by atoms with Crippen LogP contribution in [0.15, 0.2) is 42.5 Å². The number of amides is 1. The number of carbonyl (C=O) groups is 1. The number of nitrogens with one attached hydrogen (secondary N) is 1. The first-order valence-electron chi connectivity index (χ1n) is 9.58. The predicted octanol–water partition coefficient (Wildman–Crippen LogP) is 4.64. The summed E-state index contributed by atoms with van der Waals surface area (Å²) in [6.07, 6.45) is 1.27. The Morgan fingerprint density at radius 2 is 1.78 bits per heavy atom. The fourth-order valence-electron chi connectivity index (χ4n) is 2.90. The maximum absolute atomic E-state index is 12.4. The van der Waals surface area contributed by atoms with Gasteiger partial charge in [-0.1, -0.05) is 38.1 Å². The largest absolute Gasteiger partial charge is 0.497 e. The predicted molar refractivity (Wildman–Crippen MR) is 110 cm³/mol. The Balaban J connectivity index is 1.81. The average Bonchev–Trinajstić information content (AvgIpc) is 2.65. The van der Waals surface area contributed by atoms with Crippen molar-refractivity contribution < 1.29 is 14.3 Å². The van der Waals surface area contributed by atoms with Gasteiger partial charge in [0.25, 0.3) is 5.91 Å². The average molecular weight is 370 g/mol. The molecule has 0 aromatic heterocycles. The third kappa shape index (κ3) is 6.31. The molecule has 2 aromatic rings. The van der Waals surface area contributed by atoms with Gasteiger partial charge in [0.05, 0.1) is 7.11 Å². The summed E-state index contributed by atoms with van der Waals surface area (Å²) in [5.41, 5.74) is 3.48. The molecule has 1 amide bonds. The van der Waals surface area contributed by atoms with Crippen LogP contribution in [-0.2, 0) is 11.2 Å². The van der Waals surface area contributed by atoms with Crippen LogP contribution in [0.3, 0.4) is 0 Å². The minimum absolute atomic E-state index is 0.0825. The standard InChI is InChI=1S/C23H31NO3/c1-16(2)21-13-8-17(3)15-22(21)27-18(4)23(25)24-14-6-7-19-9-11-20(26-5)12-10-19/h8-13,15-16,18H,6-7,14H2,1-5H3,(H,24,25)/t18-/m1/s1. The third-order valence-corrected chi connectivity index (χ3v) is 4.56. The van der Waals surface area contributed by atoms with Crippen molar-refractivity contribution in [2.75, 3.05) is 13.7 Å². The van der Waals surface area contributed by atoms with Gasteiger partial charge in [-0.15, -0.1) is 0 Å². The van der Waals surface area contributed by atoms with Crippen molar-refractivity contribution in [1.82, 2.24) is 5.32 Å². The molecule has 0 fully saturated rings. The van der Waals surface area contributed by atoms with E-state index in [-0.39, 0.29) is 5.91 Å². The van der Waals surface area contributed by atoms with E-state index < -0.39 is 6.10 Å². The van der Waals surface area contributed by atoms with Gasteiger partial charge < -0.3 is 14.8 Å². The van der Waals surface area contributed by atoms with E-state index in [1.807, 2.05) is 25.1 Å². The highest BCUT2D eigenvalue weighted by Gasteiger charge is 2.17. The molecule has 2 aromatic carbocycles. The van der Waals surface area contributed by atoms with E-state index in [4.69, 9.17) is 9.47 Å². The molecule has 4 heteroatoms. The zero-order valence-corrected chi connectivity index (χ0v) is 17.0. The SMILES string of the molecule is COc1ccc(CCCNC(=O)[C@@H](C)Oc2cc(C)ccc2C(C)C)cc1. The monoisotopic (exact) mass is 369 g/mol. The van der Waals surface area contributed by atoms with Crippen LogP contribution in [0.4, 0.5) is 0 Å². The number of carbonyl (C=O) groups excluding carboxylic acids is 1. The molecular weight excluding hydrogens is 338 g/mol. The second-order valence-corrected chi connectivity index (χ2v) is 7.20.